The molecule has 1 N–H and O–H groups in total. The zero-order chi connectivity index (χ0) is 24.0. The SMILES string of the molecule is CC(C)[Si]1(C(C)C)OC[C@H]2O[C@@H](N3CCC(=O)NC3=O)C(=O)[C@@H]2O[Si](C(C)C)(C(C)C)O1. The fourth-order valence-electron chi connectivity index (χ4n) is 5.04. The number of Topliss-reactive ketones (excluding diaryl/α,β-unsaturated/α-hetero) is 1. The number of fused-ring (bicyclic) bond motifs is 1. The van der Waals surface area contributed by atoms with Crippen LogP contribution in [-0.4, -0.2) is 71.3 Å². The highest BCUT2D eigenvalue weighted by molar-refractivity contribution is 6.84. The van der Waals surface area contributed by atoms with Gasteiger partial charge < -0.3 is 17.7 Å². The number of carbonyl (C=O) groups excluding carboxylic acids is 3. The number of urea groups is 1. The number of rotatable bonds is 5. The van der Waals surface area contributed by atoms with Crippen molar-refractivity contribution in [2.45, 2.75) is 102 Å². The number of ketones is 1. The van der Waals surface area contributed by atoms with Crippen molar-refractivity contribution in [3.63, 3.8) is 0 Å². The van der Waals surface area contributed by atoms with Crippen LogP contribution in [0.3, 0.4) is 0 Å². The van der Waals surface area contributed by atoms with Crippen LogP contribution in [0.4, 0.5) is 4.79 Å². The van der Waals surface area contributed by atoms with Crippen molar-refractivity contribution in [3.05, 3.63) is 0 Å². The van der Waals surface area contributed by atoms with Crippen LogP contribution in [0.1, 0.15) is 61.8 Å². The van der Waals surface area contributed by atoms with E-state index >= 15 is 0 Å². The van der Waals surface area contributed by atoms with Crippen LogP contribution in [0.5, 0.6) is 0 Å². The van der Waals surface area contributed by atoms with Crippen molar-refractivity contribution in [2.75, 3.05) is 13.2 Å². The molecule has 0 aromatic rings. The summed E-state index contributed by atoms with van der Waals surface area (Å²) in [6.45, 7) is 17.2. The third kappa shape index (κ3) is 4.23. The molecule has 3 saturated heterocycles. The van der Waals surface area contributed by atoms with Crippen molar-refractivity contribution >= 4 is 34.8 Å². The molecule has 11 heteroatoms. The van der Waals surface area contributed by atoms with Gasteiger partial charge in [0.15, 0.2) is 6.23 Å². The molecule has 3 aliphatic rings. The first-order valence-corrected chi connectivity index (χ1v) is 15.6. The summed E-state index contributed by atoms with van der Waals surface area (Å²) in [6, 6.07) is -0.615. The van der Waals surface area contributed by atoms with Crippen molar-refractivity contribution in [1.29, 1.82) is 0 Å². The molecule has 3 amide bonds. The molecule has 9 nitrogen and oxygen atoms in total. The van der Waals surface area contributed by atoms with Crippen LogP contribution in [0.2, 0.25) is 22.2 Å². The Morgan fingerprint density at radius 3 is 1.97 bits per heavy atom. The van der Waals surface area contributed by atoms with Gasteiger partial charge >= 0.3 is 23.2 Å². The molecular weight excluding hydrogens is 448 g/mol. The summed E-state index contributed by atoms with van der Waals surface area (Å²) < 4.78 is 26.5. The van der Waals surface area contributed by atoms with E-state index in [1.54, 1.807) is 0 Å². The maximum absolute atomic E-state index is 13.5. The Morgan fingerprint density at radius 1 is 0.906 bits per heavy atom. The Balaban J connectivity index is 2.00. The second-order valence-electron chi connectivity index (χ2n) is 10.2. The molecular formula is C21H38N2O7Si2. The summed E-state index contributed by atoms with van der Waals surface area (Å²) in [5.41, 5.74) is 0.520. The molecule has 3 atom stereocenters. The standard InChI is InChI=1S/C21H38N2O7Si2/c1-12(2)31(13(3)4)27-11-16-19(29-32(30-31,14(5)6)15(7)8)18(25)20(28-16)23-10-9-17(24)22-21(23)26/h12-16,19-20H,9-11H2,1-8H3,(H,22,24,26)/t16-,19-,20-/m1/s1. The third-order valence-electron chi connectivity index (χ3n) is 6.86. The van der Waals surface area contributed by atoms with Crippen LogP contribution >= 0.6 is 0 Å². The Bertz CT molecular complexity index is 742. The highest BCUT2D eigenvalue weighted by Crippen LogP contribution is 2.47. The minimum atomic E-state index is -2.95. The second kappa shape index (κ2) is 9.26. The van der Waals surface area contributed by atoms with Crippen LogP contribution in [0.15, 0.2) is 0 Å². The maximum atomic E-state index is 13.5. The van der Waals surface area contributed by atoms with E-state index in [2.05, 4.69) is 60.7 Å². The Morgan fingerprint density at radius 2 is 1.47 bits per heavy atom. The minimum absolute atomic E-state index is 0.0805. The molecule has 0 radical (unpaired) electrons. The number of amides is 3. The van der Waals surface area contributed by atoms with E-state index < -0.39 is 41.6 Å². The Labute approximate surface area is 193 Å². The van der Waals surface area contributed by atoms with Crippen LogP contribution in [0.25, 0.3) is 0 Å². The van der Waals surface area contributed by atoms with Gasteiger partial charge in [-0.1, -0.05) is 55.4 Å². The first kappa shape index (κ1) is 25.5. The van der Waals surface area contributed by atoms with E-state index in [1.807, 2.05) is 0 Å². The second-order valence-corrected chi connectivity index (χ2v) is 19.1. The number of imide groups is 1. The highest BCUT2D eigenvalue weighted by atomic mass is 28.5. The molecule has 3 fully saturated rings. The van der Waals surface area contributed by atoms with Crippen molar-refractivity contribution < 1.29 is 32.1 Å². The summed E-state index contributed by atoms with van der Waals surface area (Å²) in [5, 5.41) is 2.26. The zero-order valence-electron chi connectivity index (χ0n) is 20.5. The number of hydrogen-bond donors (Lipinski definition) is 1. The predicted molar refractivity (Wildman–Crippen MR) is 122 cm³/mol. The van der Waals surface area contributed by atoms with E-state index in [-0.39, 0.29) is 53.4 Å². The smallest absolute Gasteiger partial charge is 0.335 e. The molecule has 0 aromatic carbocycles. The number of nitrogens with zero attached hydrogens (tertiary/aromatic N) is 1. The summed E-state index contributed by atoms with van der Waals surface area (Å²) in [4.78, 5) is 38.7. The van der Waals surface area contributed by atoms with E-state index in [0.717, 1.165) is 0 Å². The molecule has 3 rings (SSSR count). The van der Waals surface area contributed by atoms with Gasteiger partial charge in [-0.3, -0.25) is 19.8 Å². The number of nitrogens with one attached hydrogen (secondary N) is 1. The molecule has 0 spiro atoms. The van der Waals surface area contributed by atoms with Gasteiger partial charge in [0.1, 0.15) is 12.2 Å². The lowest BCUT2D eigenvalue weighted by molar-refractivity contribution is -0.135. The van der Waals surface area contributed by atoms with E-state index in [9.17, 15) is 14.4 Å². The van der Waals surface area contributed by atoms with Gasteiger partial charge in [-0.15, -0.1) is 0 Å². The van der Waals surface area contributed by atoms with E-state index in [4.69, 9.17) is 17.7 Å². The monoisotopic (exact) mass is 486 g/mol. The van der Waals surface area contributed by atoms with E-state index in [1.165, 1.54) is 4.90 Å². The molecule has 182 valence electrons. The summed E-state index contributed by atoms with van der Waals surface area (Å²) >= 11 is 0. The number of ether oxygens (including phenoxy) is 1. The van der Waals surface area contributed by atoms with Gasteiger partial charge in [-0.25, -0.2) is 4.79 Å². The van der Waals surface area contributed by atoms with Gasteiger partial charge in [0.05, 0.1) is 6.61 Å². The summed E-state index contributed by atoms with van der Waals surface area (Å²) in [6.07, 6.45) is -2.47. The van der Waals surface area contributed by atoms with Crippen molar-refractivity contribution in [1.82, 2.24) is 10.2 Å². The first-order valence-electron chi connectivity index (χ1n) is 11.7. The third-order valence-corrected chi connectivity index (χ3v) is 17.1. The van der Waals surface area contributed by atoms with Gasteiger partial charge in [0, 0.05) is 13.0 Å². The lowest BCUT2D eigenvalue weighted by Gasteiger charge is -2.50. The minimum Gasteiger partial charge on any atom is -0.414 e. The topological polar surface area (TPSA) is 103 Å². The summed E-state index contributed by atoms with van der Waals surface area (Å²) in [5.74, 6) is -0.667. The lowest BCUT2D eigenvalue weighted by atomic mass is 10.1. The normalized spacial score (nSPS) is 30.7. The number of carbonyl (C=O) groups is 3. The van der Waals surface area contributed by atoms with Crippen molar-refractivity contribution in [3.8, 4) is 0 Å². The zero-order valence-corrected chi connectivity index (χ0v) is 22.5. The fourth-order valence-corrected chi connectivity index (χ4v) is 16.2. The van der Waals surface area contributed by atoms with Crippen LogP contribution in [-0.2, 0) is 27.3 Å². The quantitative estimate of drug-likeness (QED) is 0.595. The fraction of sp³-hybridized carbons (Fsp3) is 0.857. The molecule has 0 unspecified atom stereocenters. The average Bonchev–Trinajstić information content (AvgIpc) is 2.96. The molecule has 3 heterocycles. The first-order chi connectivity index (χ1) is 14.9. The molecule has 32 heavy (non-hydrogen) atoms. The van der Waals surface area contributed by atoms with E-state index in [0.29, 0.717) is 0 Å². The molecule has 0 saturated carbocycles. The van der Waals surface area contributed by atoms with Gasteiger partial charge in [0.2, 0.25) is 11.7 Å². The van der Waals surface area contributed by atoms with Gasteiger partial charge in [-0.2, -0.15) is 0 Å². The lowest BCUT2D eigenvalue weighted by Crippen LogP contribution is -2.65. The summed E-state index contributed by atoms with van der Waals surface area (Å²) in [7, 11) is -5.69. The van der Waals surface area contributed by atoms with Crippen LogP contribution in [0, 0.1) is 0 Å². The predicted octanol–water partition coefficient (Wildman–Crippen LogP) is 3.18. The Kier molecular flexibility index (Phi) is 7.38. The molecule has 3 aliphatic heterocycles. The van der Waals surface area contributed by atoms with Gasteiger partial charge in [-0.05, 0) is 22.2 Å². The van der Waals surface area contributed by atoms with Crippen molar-refractivity contribution in [2.24, 2.45) is 0 Å². The molecule has 0 aromatic heterocycles. The highest BCUT2D eigenvalue weighted by Gasteiger charge is 2.62. The average molecular weight is 487 g/mol. The molecule has 0 bridgehead atoms. The maximum Gasteiger partial charge on any atom is 0.335 e. The van der Waals surface area contributed by atoms with Gasteiger partial charge in [0.25, 0.3) is 0 Å². The Hall–Kier alpha value is -1.12. The molecule has 0 aliphatic carbocycles. The largest absolute Gasteiger partial charge is 0.414 e. The van der Waals surface area contributed by atoms with Crippen LogP contribution < -0.4 is 5.32 Å². The number of hydrogen-bond acceptors (Lipinski definition) is 7.